The van der Waals surface area contributed by atoms with Gasteiger partial charge in [-0.1, -0.05) is 36.0 Å². The third-order valence-electron chi connectivity index (χ3n) is 3.41. The molecule has 0 aliphatic rings. The minimum atomic E-state index is -0.208. The molecule has 0 bridgehead atoms. The van der Waals surface area contributed by atoms with Crippen LogP contribution in [-0.4, -0.2) is 37.6 Å². The molecule has 128 valence electrons. The zero-order valence-corrected chi connectivity index (χ0v) is 15.4. The number of tetrazole rings is 1. The molecule has 0 spiro atoms. The fourth-order valence-electron chi connectivity index (χ4n) is 2.18. The Morgan fingerprint density at radius 3 is 2.72 bits per heavy atom. The Kier molecular flexibility index (Phi) is 5.72. The van der Waals surface area contributed by atoms with Crippen molar-refractivity contribution in [3.8, 4) is 5.69 Å². The van der Waals surface area contributed by atoms with Gasteiger partial charge in [0.1, 0.15) is 0 Å². The van der Waals surface area contributed by atoms with Crippen LogP contribution in [0.5, 0.6) is 0 Å². The van der Waals surface area contributed by atoms with E-state index in [1.807, 2.05) is 67.8 Å². The molecule has 8 heteroatoms. The van der Waals surface area contributed by atoms with Gasteiger partial charge in [0.15, 0.2) is 0 Å². The van der Waals surface area contributed by atoms with Crippen molar-refractivity contribution in [1.82, 2.24) is 20.2 Å². The van der Waals surface area contributed by atoms with Gasteiger partial charge in [-0.05, 0) is 53.9 Å². The lowest BCUT2D eigenvalue weighted by Gasteiger charge is -2.13. The maximum atomic E-state index is 12.5. The molecule has 1 amide bonds. The molecule has 0 radical (unpaired) electrons. The largest absolute Gasteiger partial charge is 0.325 e. The Balaban J connectivity index is 1.70. The van der Waals surface area contributed by atoms with Crippen LogP contribution in [0.25, 0.3) is 5.69 Å². The van der Waals surface area contributed by atoms with E-state index in [9.17, 15) is 4.79 Å². The number of thioether (sulfide) groups is 2. The van der Waals surface area contributed by atoms with Crippen LogP contribution in [0.2, 0.25) is 0 Å². The van der Waals surface area contributed by atoms with Crippen LogP contribution in [0, 0.1) is 0 Å². The summed E-state index contributed by atoms with van der Waals surface area (Å²) in [6.45, 7) is 1.89. The fraction of sp³-hybridized carbons (Fsp3) is 0.176. The molecule has 2 aromatic carbocycles. The van der Waals surface area contributed by atoms with Crippen LogP contribution in [0.3, 0.4) is 0 Å². The van der Waals surface area contributed by atoms with Crippen LogP contribution in [0.4, 0.5) is 5.69 Å². The molecular weight excluding hydrogens is 354 g/mol. The molecule has 1 N–H and O–H groups in total. The van der Waals surface area contributed by atoms with Crippen molar-refractivity contribution in [1.29, 1.82) is 0 Å². The molecule has 3 rings (SSSR count). The number of rotatable bonds is 6. The van der Waals surface area contributed by atoms with Gasteiger partial charge >= 0.3 is 0 Å². The summed E-state index contributed by atoms with van der Waals surface area (Å²) in [7, 11) is 0. The highest BCUT2D eigenvalue weighted by Crippen LogP contribution is 2.24. The van der Waals surface area contributed by atoms with Crippen LogP contribution in [0.15, 0.2) is 64.6 Å². The normalized spacial score (nSPS) is 11.9. The summed E-state index contributed by atoms with van der Waals surface area (Å²) in [4.78, 5) is 13.5. The summed E-state index contributed by atoms with van der Waals surface area (Å²) in [6.07, 6.45) is 1.91. The van der Waals surface area contributed by atoms with Gasteiger partial charge in [0.05, 0.1) is 10.9 Å². The molecular formula is C17H17N5OS2. The fourth-order valence-corrected chi connectivity index (χ4v) is 3.51. The number of hydrogen-bond donors (Lipinski definition) is 1. The molecule has 1 atom stereocenters. The van der Waals surface area contributed by atoms with Gasteiger partial charge in [-0.15, -0.1) is 16.9 Å². The second kappa shape index (κ2) is 8.17. The van der Waals surface area contributed by atoms with Gasteiger partial charge in [0, 0.05) is 10.6 Å². The molecule has 0 fully saturated rings. The van der Waals surface area contributed by atoms with Crippen LogP contribution >= 0.6 is 23.5 Å². The average molecular weight is 371 g/mol. The number of amides is 1. The highest BCUT2D eigenvalue weighted by molar-refractivity contribution is 8.00. The number of nitrogens with zero attached hydrogens (tertiary/aromatic N) is 4. The second-order valence-corrected chi connectivity index (χ2v) is 7.38. The van der Waals surface area contributed by atoms with E-state index in [0.29, 0.717) is 10.8 Å². The van der Waals surface area contributed by atoms with Crippen molar-refractivity contribution in [2.45, 2.75) is 22.2 Å². The van der Waals surface area contributed by atoms with Crippen LogP contribution in [0.1, 0.15) is 6.92 Å². The third-order valence-corrected chi connectivity index (χ3v) is 5.14. The number of anilines is 1. The van der Waals surface area contributed by atoms with Gasteiger partial charge in [0.25, 0.3) is 0 Å². The smallest absolute Gasteiger partial charge is 0.237 e. The zero-order valence-electron chi connectivity index (χ0n) is 13.8. The average Bonchev–Trinajstić information content (AvgIpc) is 3.11. The Bertz CT molecular complexity index is 853. The first-order chi connectivity index (χ1) is 12.2. The summed E-state index contributed by atoms with van der Waals surface area (Å²) in [5.41, 5.74) is 1.51. The van der Waals surface area contributed by atoms with Gasteiger partial charge in [0.2, 0.25) is 11.1 Å². The topological polar surface area (TPSA) is 72.7 Å². The second-order valence-electron chi connectivity index (χ2n) is 5.19. The van der Waals surface area contributed by atoms with Crippen molar-refractivity contribution in [3.63, 3.8) is 0 Å². The number of aromatic nitrogens is 4. The van der Waals surface area contributed by atoms with Crippen molar-refractivity contribution >= 4 is 35.1 Å². The lowest BCUT2D eigenvalue weighted by Crippen LogP contribution is -2.22. The summed E-state index contributed by atoms with van der Waals surface area (Å²) >= 11 is 2.99. The van der Waals surface area contributed by atoms with E-state index >= 15 is 0 Å². The maximum Gasteiger partial charge on any atom is 0.237 e. The maximum absolute atomic E-state index is 12.5. The molecule has 0 aliphatic carbocycles. The van der Waals surface area contributed by atoms with E-state index in [4.69, 9.17) is 0 Å². The molecule has 3 aromatic rings. The SMILES string of the molecule is CSc1nnnn1-c1cccc(NC(=O)C(C)Sc2ccccc2)c1. The zero-order chi connectivity index (χ0) is 17.6. The molecule has 1 heterocycles. The Labute approximate surface area is 154 Å². The number of hydrogen-bond acceptors (Lipinski definition) is 6. The van der Waals surface area contributed by atoms with E-state index in [1.165, 1.54) is 23.5 Å². The van der Waals surface area contributed by atoms with E-state index in [0.717, 1.165) is 10.6 Å². The summed E-state index contributed by atoms with van der Waals surface area (Å²) in [6, 6.07) is 17.4. The van der Waals surface area contributed by atoms with Crippen molar-refractivity contribution in [3.05, 3.63) is 54.6 Å². The van der Waals surface area contributed by atoms with Crippen LogP contribution < -0.4 is 5.32 Å². The van der Waals surface area contributed by atoms with Gasteiger partial charge in [-0.3, -0.25) is 4.79 Å². The molecule has 0 aliphatic heterocycles. The van der Waals surface area contributed by atoms with Gasteiger partial charge in [-0.2, -0.15) is 4.68 Å². The van der Waals surface area contributed by atoms with E-state index < -0.39 is 0 Å². The minimum absolute atomic E-state index is 0.0483. The first kappa shape index (κ1) is 17.5. The van der Waals surface area contributed by atoms with Gasteiger partial charge < -0.3 is 5.32 Å². The lowest BCUT2D eigenvalue weighted by molar-refractivity contribution is -0.115. The quantitative estimate of drug-likeness (QED) is 0.669. The summed E-state index contributed by atoms with van der Waals surface area (Å²) in [5.74, 6) is -0.0483. The predicted molar refractivity (Wildman–Crippen MR) is 101 cm³/mol. The minimum Gasteiger partial charge on any atom is -0.325 e. The highest BCUT2D eigenvalue weighted by atomic mass is 32.2. The van der Waals surface area contributed by atoms with Crippen molar-refractivity contribution < 1.29 is 4.79 Å². The first-order valence-corrected chi connectivity index (χ1v) is 9.73. The monoisotopic (exact) mass is 371 g/mol. The molecule has 6 nitrogen and oxygen atoms in total. The van der Waals surface area contributed by atoms with E-state index in [2.05, 4.69) is 20.8 Å². The molecule has 1 aromatic heterocycles. The molecule has 0 saturated carbocycles. The van der Waals surface area contributed by atoms with Crippen molar-refractivity contribution in [2.75, 3.05) is 11.6 Å². The first-order valence-electron chi connectivity index (χ1n) is 7.63. The molecule has 1 unspecified atom stereocenters. The standard InChI is InChI=1S/C17H17N5OS2/c1-12(25-15-9-4-3-5-10-15)16(23)18-13-7-6-8-14(11-13)22-17(24-2)19-20-21-22/h3-12H,1-2H3,(H,18,23). The Hall–Kier alpha value is -2.32. The lowest BCUT2D eigenvalue weighted by atomic mass is 10.2. The van der Waals surface area contributed by atoms with Crippen LogP contribution in [-0.2, 0) is 4.79 Å². The van der Waals surface area contributed by atoms with E-state index in [1.54, 1.807) is 4.68 Å². The molecule has 25 heavy (non-hydrogen) atoms. The number of nitrogens with one attached hydrogen (secondary N) is 1. The van der Waals surface area contributed by atoms with Crippen molar-refractivity contribution in [2.24, 2.45) is 0 Å². The third kappa shape index (κ3) is 4.40. The highest BCUT2D eigenvalue weighted by Gasteiger charge is 2.15. The summed E-state index contributed by atoms with van der Waals surface area (Å²) < 4.78 is 1.64. The van der Waals surface area contributed by atoms with Gasteiger partial charge in [-0.25, -0.2) is 0 Å². The number of carbonyl (C=O) groups is 1. The predicted octanol–water partition coefficient (Wildman–Crippen LogP) is 3.50. The van der Waals surface area contributed by atoms with E-state index in [-0.39, 0.29) is 11.2 Å². The summed E-state index contributed by atoms with van der Waals surface area (Å²) in [5, 5.41) is 15.1. The number of carbonyl (C=O) groups excluding carboxylic acids is 1. The Morgan fingerprint density at radius 1 is 1.16 bits per heavy atom. The number of benzene rings is 2. The Morgan fingerprint density at radius 2 is 1.96 bits per heavy atom. The molecule has 0 saturated heterocycles.